The van der Waals surface area contributed by atoms with Crippen molar-refractivity contribution >= 4 is 22.7 Å². The van der Waals surface area contributed by atoms with Crippen LogP contribution < -0.4 is 15.5 Å². The Morgan fingerprint density at radius 1 is 1.30 bits per heavy atom. The van der Waals surface area contributed by atoms with Crippen LogP contribution in [0.2, 0.25) is 0 Å². The summed E-state index contributed by atoms with van der Waals surface area (Å²) in [7, 11) is 4.04. The van der Waals surface area contributed by atoms with Gasteiger partial charge in [0.05, 0.1) is 30.3 Å². The van der Waals surface area contributed by atoms with Gasteiger partial charge in [0.15, 0.2) is 5.96 Å². The number of aromatic nitrogens is 1. The molecule has 6 heteroatoms. The molecule has 0 spiro atoms. The lowest BCUT2D eigenvalue weighted by molar-refractivity contribution is 0.0992. The minimum absolute atomic E-state index is 0.334. The van der Waals surface area contributed by atoms with Crippen LogP contribution in [0.1, 0.15) is 31.7 Å². The monoisotopic (exact) mass is 367 g/mol. The smallest absolute Gasteiger partial charge is 0.191 e. The maximum atomic E-state index is 5.97. The normalized spacial score (nSPS) is 24.4. The van der Waals surface area contributed by atoms with E-state index in [0.717, 1.165) is 42.1 Å². The average molecular weight is 367 g/mol. The lowest BCUT2D eigenvalue weighted by Crippen LogP contribution is -2.47. The van der Waals surface area contributed by atoms with Crippen molar-refractivity contribution in [2.24, 2.45) is 4.99 Å². The molecule has 1 aromatic carbocycles. The number of hydrogen-bond donors (Lipinski definition) is 2. The molecule has 3 atom stereocenters. The van der Waals surface area contributed by atoms with E-state index < -0.39 is 0 Å². The number of pyridine rings is 1. The zero-order valence-corrected chi connectivity index (χ0v) is 16.4. The molecule has 27 heavy (non-hydrogen) atoms. The Hall–Kier alpha value is -2.34. The summed E-state index contributed by atoms with van der Waals surface area (Å²) in [6.45, 7) is 3.55. The van der Waals surface area contributed by atoms with Crippen molar-refractivity contribution in [3.05, 3.63) is 35.9 Å². The molecular weight excluding hydrogens is 338 g/mol. The SMILES string of the molecule is CCNC(=NCc1cc(N(C)C)nc2ccccc12)NC1CC2CCC1O2. The predicted octanol–water partition coefficient (Wildman–Crippen LogP) is 2.68. The van der Waals surface area contributed by atoms with Crippen molar-refractivity contribution in [3.8, 4) is 0 Å². The molecule has 2 fully saturated rings. The summed E-state index contributed by atoms with van der Waals surface area (Å²) >= 11 is 0. The number of anilines is 1. The Labute approximate surface area is 161 Å². The van der Waals surface area contributed by atoms with E-state index in [9.17, 15) is 0 Å². The molecule has 6 nitrogen and oxygen atoms in total. The van der Waals surface area contributed by atoms with E-state index in [0.29, 0.717) is 24.8 Å². The van der Waals surface area contributed by atoms with Gasteiger partial charge in [0, 0.05) is 26.0 Å². The third-order valence-electron chi connectivity index (χ3n) is 5.43. The van der Waals surface area contributed by atoms with Crippen molar-refractivity contribution < 1.29 is 4.74 Å². The zero-order chi connectivity index (χ0) is 18.8. The first-order valence-electron chi connectivity index (χ1n) is 9.90. The number of fused-ring (bicyclic) bond motifs is 3. The van der Waals surface area contributed by atoms with Gasteiger partial charge in [0.25, 0.3) is 0 Å². The first-order valence-corrected chi connectivity index (χ1v) is 9.90. The fourth-order valence-corrected chi connectivity index (χ4v) is 4.04. The van der Waals surface area contributed by atoms with E-state index >= 15 is 0 Å². The summed E-state index contributed by atoms with van der Waals surface area (Å²) in [5.74, 6) is 1.82. The number of aliphatic imine (C=N–C) groups is 1. The second-order valence-electron chi connectivity index (χ2n) is 7.61. The maximum Gasteiger partial charge on any atom is 0.191 e. The molecule has 2 aliphatic heterocycles. The van der Waals surface area contributed by atoms with E-state index in [2.05, 4.69) is 41.8 Å². The highest BCUT2D eigenvalue weighted by molar-refractivity contribution is 5.85. The molecule has 3 unspecified atom stereocenters. The highest BCUT2D eigenvalue weighted by Gasteiger charge is 2.41. The summed E-state index contributed by atoms with van der Waals surface area (Å²) in [6, 6.07) is 10.8. The number of nitrogens with one attached hydrogen (secondary N) is 2. The molecule has 0 aliphatic carbocycles. The Balaban J connectivity index is 1.57. The third-order valence-corrected chi connectivity index (χ3v) is 5.43. The maximum absolute atomic E-state index is 5.97. The molecule has 4 rings (SSSR count). The Morgan fingerprint density at radius 3 is 2.85 bits per heavy atom. The van der Waals surface area contributed by atoms with Crippen molar-refractivity contribution in [1.82, 2.24) is 15.6 Å². The molecule has 2 aliphatic rings. The van der Waals surface area contributed by atoms with Gasteiger partial charge in [0.2, 0.25) is 0 Å². The molecule has 0 radical (unpaired) electrons. The summed E-state index contributed by atoms with van der Waals surface area (Å²) < 4.78 is 5.97. The van der Waals surface area contributed by atoms with E-state index in [4.69, 9.17) is 14.7 Å². The minimum Gasteiger partial charge on any atom is -0.373 e. The van der Waals surface area contributed by atoms with Gasteiger partial charge in [-0.2, -0.15) is 0 Å². The van der Waals surface area contributed by atoms with Crippen LogP contribution in [0.5, 0.6) is 0 Å². The standard InChI is InChI=1S/C21H29N5O/c1-4-22-21(25-18-12-15-9-10-19(18)27-15)23-13-14-11-20(26(2)3)24-17-8-6-5-7-16(14)17/h5-8,11,15,18-19H,4,9-10,12-13H2,1-3H3,(H2,22,23,25). The quantitative estimate of drug-likeness (QED) is 0.628. The molecule has 1 aromatic heterocycles. The summed E-state index contributed by atoms with van der Waals surface area (Å²) in [4.78, 5) is 11.6. The van der Waals surface area contributed by atoms with E-state index in [-0.39, 0.29) is 0 Å². The van der Waals surface area contributed by atoms with Crippen LogP contribution in [0.15, 0.2) is 35.3 Å². The largest absolute Gasteiger partial charge is 0.373 e. The first-order chi connectivity index (χ1) is 13.1. The Bertz CT molecular complexity index is 834. The lowest BCUT2D eigenvalue weighted by atomic mass is 9.96. The van der Waals surface area contributed by atoms with Crippen molar-refractivity contribution in [1.29, 1.82) is 0 Å². The van der Waals surface area contributed by atoms with Crippen LogP contribution in [0, 0.1) is 0 Å². The molecular formula is C21H29N5O. The van der Waals surface area contributed by atoms with E-state index in [1.807, 2.05) is 25.1 Å². The third kappa shape index (κ3) is 3.86. The van der Waals surface area contributed by atoms with Gasteiger partial charge < -0.3 is 20.3 Å². The van der Waals surface area contributed by atoms with E-state index in [1.54, 1.807) is 0 Å². The van der Waals surface area contributed by atoms with E-state index in [1.165, 1.54) is 12.0 Å². The highest BCUT2D eigenvalue weighted by Crippen LogP contribution is 2.34. The number of ether oxygens (including phenoxy) is 1. The Morgan fingerprint density at radius 2 is 2.15 bits per heavy atom. The topological polar surface area (TPSA) is 61.8 Å². The predicted molar refractivity (Wildman–Crippen MR) is 110 cm³/mol. The molecule has 2 bridgehead atoms. The summed E-state index contributed by atoms with van der Waals surface area (Å²) in [6.07, 6.45) is 4.21. The van der Waals surface area contributed by atoms with Gasteiger partial charge in [-0.05, 0) is 43.9 Å². The minimum atomic E-state index is 0.334. The molecule has 2 aromatic rings. The Kier molecular flexibility index (Phi) is 5.16. The molecule has 144 valence electrons. The fourth-order valence-electron chi connectivity index (χ4n) is 4.04. The van der Waals surface area contributed by atoms with Crippen molar-refractivity contribution in [2.75, 3.05) is 25.5 Å². The van der Waals surface area contributed by atoms with Gasteiger partial charge in [-0.25, -0.2) is 9.98 Å². The molecule has 3 heterocycles. The van der Waals surface area contributed by atoms with Gasteiger partial charge >= 0.3 is 0 Å². The van der Waals surface area contributed by atoms with Gasteiger partial charge in [0.1, 0.15) is 5.82 Å². The summed E-state index contributed by atoms with van der Waals surface area (Å²) in [5, 5.41) is 8.13. The van der Waals surface area contributed by atoms with Crippen LogP contribution in [-0.4, -0.2) is 49.8 Å². The van der Waals surface area contributed by atoms with Crippen LogP contribution in [0.4, 0.5) is 5.82 Å². The highest BCUT2D eigenvalue weighted by atomic mass is 16.5. The average Bonchev–Trinajstić information content (AvgIpc) is 3.29. The number of rotatable bonds is 5. The molecule has 0 saturated carbocycles. The molecule has 2 saturated heterocycles. The first kappa shape index (κ1) is 18.0. The van der Waals surface area contributed by atoms with Crippen molar-refractivity contribution in [2.45, 2.75) is 51.0 Å². The number of hydrogen-bond acceptors (Lipinski definition) is 4. The van der Waals surface area contributed by atoms with Gasteiger partial charge in [-0.3, -0.25) is 0 Å². The number of nitrogens with zero attached hydrogens (tertiary/aromatic N) is 3. The second kappa shape index (κ2) is 7.72. The van der Waals surface area contributed by atoms with Crippen LogP contribution in [0.25, 0.3) is 10.9 Å². The number of para-hydroxylation sites is 1. The fraction of sp³-hybridized carbons (Fsp3) is 0.524. The zero-order valence-electron chi connectivity index (χ0n) is 16.4. The van der Waals surface area contributed by atoms with Crippen LogP contribution in [0.3, 0.4) is 0 Å². The lowest BCUT2D eigenvalue weighted by Gasteiger charge is -2.22. The number of guanidine groups is 1. The second-order valence-corrected chi connectivity index (χ2v) is 7.61. The van der Waals surface area contributed by atoms with Crippen LogP contribution in [-0.2, 0) is 11.3 Å². The molecule has 0 amide bonds. The molecule has 2 N–H and O–H groups in total. The summed E-state index contributed by atoms with van der Waals surface area (Å²) in [5.41, 5.74) is 2.19. The van der Waals surface area contributed by atoms with Gasteiger partial charge in [-0.1, -0.05) is 18.2 Å². The number of benzene rings is 1. The van der Waals surface area contributed by atoms with Gasteiger partial charge in [-0.15, -0.1) is 0 Å². The van der Waals surface area contributed by atoms with Crippen LogP contribution >= 0.6 is 0 Å². The van der Waals surface area contributed by atoms with Crippen molar-refractivity contribution in [3.63, 3.8) is 0 Å².